The standard InChI is InChI=1S/C28H27NO5/c1-5-34-23-15-10-20(16-18(23)3)26(30)24-25(19-8-13-22(33-4)14-9-19)29(28(32)27(24)31)21-11-6-17(2)7-12-21/h6-16,25,30H,5H2,1-4H3/b26-24-. The summed E-state index contributed by atoms with van der Waals surface area (Å²) in [6, 6.07) is 18.9. The summed E-state index contributed by atoms with van der Waals surface area (Å²) in [5.41, 5.74) is 3.60. The maximum Gasteiger partial charge on any atom is 0.300 e. The molecule has 0 spiro atoms. The Kier molecular flexibility index (Phi) is 6.41. The maximum absolute atomic E-state index is 13.3. The molecular weight excluding hydrogens is 430 g/mol. The minimum absolute atomic E-state index is 0.0410. The molecule has 1 heterocycles. The zero-order valence-corrected chi connectivity index (χ0v) is 19.7. The van der Waals surface area contributed by atoms with Crippen LogP contribution < -0.4 is 14.4 Å². The summed E-state index contributed by atoms with van der Waals surface area (Å²) in [6.07, 6.45) is 0. The van der Waals surface area contributed by atoms with Crippen molar-refractivity contribution in [2.24, 2.45) is 0 Å². The molecule has 1 aliphatic heterocycles. The fourth-order valence-corrected chi connectivity index (χ4v) is 4.18. The van der Waals surface area contributed by atoms with Gasteiger partial charge in [0.15, 0.2) is 0 Å². The predicted molar refractivity (Wildman–Crippen MR) is 131 cm³/mol. The molecule has 1 N–H and O–H groups in total. The van der Waals surface area contributed by atoms with E-state index in [1.54, 1.807) is 61.7 Å². The van der Waals surface area contributed by atoms with Crippen LogP contribution in [0.3, 0.4) is 0 Å². The molecule has 0 radical (unpaired) electrons. The molecule has 0 bridgehead atoms. The smallest absolute Gasteiger partial charge is 0.300 e. The highest BCUT2D eigenvalue weighted by Gasteiger charge is 2.47. The molecular formula is C28H27NO5. The van der Waals surface area contributed by atoms with Crippen molar-refractivity contribution in [1.29, 1.82) is 0 Å². The first kappa shape index (κ1) is 23.1. The van der Waals surface area contributed by atoms with Crippen LogP contribution in [0.15, 0.2) is 72.3 Å². The highest BCUT2D eigenvalue weighted by atomic mass is 16.5. The summed E-state index contributed by atoms with van der Waals surface area (Å²) in [5, 5.41) is 11.3. The van der Waals surface area contributed by atoms with Crippen molar-refractivity contribution in [2.45, 2.75) is 26.8 Å². The van der Waals surface area contributed by atoms with E-state index in [-0.39, 0.29) is 11.3 Å². The third kappa shape index (κ3) is 4.15. The van der Waals surface area contributed by atoms with E-state index in [2.05, 4.69) is 0 Å². The highest BCUT2D eigenvalue weighted by molar-refractivity contribution is 6.51. The van der Waals surface area contributed by atoms with Gasteiger partial charge in [0, 0.05) is 11.3 Å². The zero-order chi connectivity index (χ0) is 24.4. The number of methoxy groups -OCH3 is 1. The molecule has 6 nitrogen and oxygen atoms in total. The van der Waals surface area contributed by atoms with Crippen LogP contribution in [-0.4, -0.2) is 30.5 Å². The van der Waals surface area contributed by atoms with Crippen molar-refractivity contribution in [3.63, 3.8) is 0 Å². The monoisotopic (exact) mass is 457 g/mol. The lowest BCUT2D eigenvalue weighted by molar-refractivity contribution is -0.132. The van der Waals surface area contributed by atoms with Crippen LogP contribution in [0.2, 0.25) is 0 Å². The SMILES string of the molecule is CCOc1ccc(/C(O)=C2/C(=O)C(=O)N(c3ccc(C)cc3)C2c2ccc(OC)cc2)cc1C. The number of amides is 1. The number of Topliss-reactive ketones (excluding diaryl/α,β-unsaturated/α-hetero) is 1. The van der Waals surface area contributed by atoms with Gasteiger partial charge in [0.1, 0.15) is 17.3 Å². The van der Waals surface area contributed by atoms with Crippen molar-refractivity contribution in [2.75, 3.05) is 18.6 Å². The molecule has 174 valence electrons. The molecule has 1 fully saturated rings. The van der Waals surface area contributed by atoms with Gasteiger partial charge in [-0.05, 0) is 74.4 Å². The van der Waals surface area contributed by atoms with Gasteiger partial charge < -0.3 is 14.6 Å². The molecule has 1 unspecified atom stereocenters. The average molecular weight is 458 g/mol. The fraction of sp³-hybridized carbons (Fsp3) is 0.214. The lowest BCUT2D eigenvalue weighted by Crippen LogP contribution is -2.29. The van der Waals surface area contributed by atoms with Gasteiger partial charge in [0.2, 0.25) is 0 Å². The van der Waals surface area contributed by atoms with Crippen molar-refractivity contribution < 1.29 is 24.2 Å². The Morgan fingerprint density at radius 2 is 1.65 bits per heavy atom. The summed E-state index contributed by atoms with van der Waals surface area (Å²) >= 11 is 0. The van der Waals surface area contributed by atoms with E-state index in [9.17, 15) is 14.7 Å². The van der Waals surface area contributed by atoms with E-state index >= 15 is 0 Å². The first-order chi connectivity index (χ1) is 16.3. The summed E-state index contributed by atoms with van der Waals surface area (Å²) in [4.78, 5) is 28.0. The summed E-state index contributed by atoms with van der Waals surface area (Å²) < 4.78 is 10.9. The number of carbonyl (C=O) groups is 2. The number of ketones is 1. The molecule has 1 saturated heterocycles. The lowest BCUT2D eigenvalue weighted by atomic mass is 9.94. The minimum Gasteiger partial charge on any atom is -0.507 e. The van der Waals surface area contributed by atoms with Gasteiger partial charge in [-0.15, -0.1) is 0 Å². The number of nitrogens with zero attached hydrogens (tertiary/aromatic N) is 1. The Morgan fingerprint density at radius 1 is 0.971 bits per heavy atom. The Balaban J connectivity index is 1.89. The number of ether oxygens (including phenoxy) is 2. The number of anilines is 1. The van der Waals surface area contributed by atoms with Crippen molar-refractivity contribution in [3.05, 3.63) is 94.6 Å². The van der Waals surface area contributed by atoms with Gasteiger partial charge in [0.05, 0.1) is 25.3 Å². The maximum atomic E-state index is 13.3. The van der Waals surface area contributed by atoms with E-state index in [1.807, 2.05) is 32.9 Å². The number of aliphatic hydroxyl groups is 1. The Bertz CT molecular complexity index is 1260. The van der Waals surface area contributed by atoms with Gasteiger partial charge in [-0.3, -0.25) is 14.5 Å². The van der Waals surface area contributed by atoms with E-state index in [0.29, 0.717) is 34.9 Å². The van der Waals surface area contributed by atoms with Gasteiger partial charge in [-0.1, -0.05) is 29.8 Å². The molecule has 3 aromatic carbocycles. The first-order valence-corrected chi connectivity index (χ1v) is 11.1. The highest BCUT2D eigenvalue weighted by Crippen LogP contribution is 2.42. The van der Waals surface area contributed by atoms with Crippen molar-refractivity contribution in [1.82, 2.24) is 0 Å². The van der Waals surface area contributed by atoms with Crippen molar-refractivity contribution in [3.8, 4) is 11.5 Å². The van der Waals surface area contributed by atoms with Crippen LogP contribution >= 0.6 is 0 Å². The van der Waals surface area contributed by atoms with Gasteiger partial charge >= 0.3 is 0 Å². The molecule has 1 atom stereocenters. The second-order valence-corrected chi connectivity index (χ2v) is 8.19. The van der Waals surface area contributed by atoms with Gasteiger partial charge in [0.25, 0.3) is 11.7 Å². The quantitative estimate of drug-likeness (QED) is 0.307. The third-order valence-corrected chi connectivity index (χ3v) is 5.94. The minimum atomic E-state index is -0.791. The van der Waals surface area contributed by atoms with Crippen LogP contribution in [0, 0.1) is 13.8 Å². The number of aryl methyl sites for hydroxylation is 2. The molecule has 34 heavy (non-hydrogen) atoms. The van der Waals surface area contributed by atoms with Crippen LogP contribution in [-0.2, 0) is 9.59 Å². The zero-order valence-electron chi connectivity index (χ0n) is 19.7. The number of hydrogen-bond acceptors (Lipinski definition) is 5. The van der Waals surface area contributed by atoms with E-state index in [0.717, 1.165) is 11.1 Å². The molecule has 3 aromatic rings. The second kappa shape index (κ2) is 9.43. The molecule has 4 rings (SSSR count). The first-order valence-electron chi connectivity index (χ1n) is 11.1. The molecule has 0 aliphatic carbocycles. The summed E-state index contributed by atoms with van der Waals surface area (Å²) in [5.74, 6) is -0.289. The topological polar surface area (TPSA) is 76.1 Å². The van der Waals surface area contributed by atoms with Gasteiger partial charge in [-0.2, -0.15) is 0 Å². The summed E-state index contributed by atoms with van der Waals surface area (Å²) in [7, 11) is 1.57. The van der Waals surface area contributed by atoms with E-state index in [1.165, 1.54) is 4.90 Å². The van der Waals surface area contributed by atoms with E-state index < -0.39 is 17.7 Å². The lowest BCUT2D eigenvalue weighted by Gasteiger charge is -2.25. The largest absolute Gasteiger partial charge is 0.507 e. The Morgan fingerprint density at radius 3 is 2.24 bits per heavy atom. The normalized spacial score (nSPS) is 17.2. The molecule has 1 aliphatic rings. The van der Waals surface area contributed by atoms with Crippen LogP contribution in [0.25, 0.3) is 5.76 Å². The Hall–Kier alpha value is -4.06. The summed E-state index contributed by atoms with van der Waals surface area (Å²) in [6.45, 7) is 6.24. The number of rotatable bonds is 6. The third-order valence-electron chi connectivity index (χ3n) is 5.94. The molecule has 0 saturated carbocycles. The average Bonchev–Trinajstić information content (AvgIpc) is 3.11. The molecule has 1 amide bonds. The van der Waals surface area contributed by atoms with Crippen molar-refractivity contribution >= 4 is 23.1 Å². The number of hydrogen-bond donors (Lipinski definition) is 1. The van der Waals surface area contributed by atoms with Crippen LogP contribution in [0.1, 0.15) is 35.2 Å². The number of carbonyl (C=O) groups excluding carboxylic acids is 2. The number of benzene rings is 3. The number of aliphatic hydroxyl groups excluding tert-OH is 1. The van der Waals surface area contributed by atoms with Gasteiger partial charge in [-0.25, -0.2) is 0 Å². The molecule has 6 heteroatoms. The fourth-order valence-electron chi connectivity index (χ4n) is 4.18. The second-order valence-electron chi connectivity index (χ2n) is 8.19. The van der Waals surface area contributed by atoms with Crippen LogP contribution in [0.4, 0.5) is 5.69 Å². The predicted octanol–water partition coefficient (Wildman–Crippen LogP) is 5.34. The van der Waals surface area contributed by atoms with Crippen LogP contribution in [0.5, 0.6) is 11.5 Å². The Labute approximate surface area is 199 Å². The van der Waals surface area contributed by atoms with E-state index in [4.69, 9.17) is 9.47 Å². The molecule has 0 aromatic heterocycles.